The highest BCUT2D eigenvalue weighted by molar-refractivity contribution is 5.49. The fourth-order valence-electron chi connectivity index (χ4n) is 3.56. The van der Waals surface area contributed by atoms with Gasteiger partial charge in [-0.25, -0.2) is 19.3 Å². The standard InChI is InChI=1S/C20H26F4N6O/c1-18(2)12(5-14(18)31)8-26-16-13(20(22,23)24)9-28-17(30-16)27-7-11-6-25-10-29-15(11)19(3,4)21/h6,9-10,12,14,31H,5,7-8H2,1-4H3,(H2,26,27,28,30)/t12?,14-/m0/s1. The highest BCUT2D eigenvalue weighted by Crippen LogP contribution is 2.46. The van der Waals surface area contributed by atoms with Crippen LogP contribution in [-0.4, -0.2) is 37.7 Å². The second kappa shape index (κ2) is 8.18. The lowest BCUT2D eigenvalue weighted by Gasteiger charge is -2.49. The average Bonchev–Trinajstić information content (AvgIpc) is 2.68. The molecule has 2 aromatic heterocycles. The molecule has 0 saturated heterocycles. The minimum Gasteiger partial charge on any atom is -0.393 e. The van der Waals surface area contributed by atoms with Gasteiger partial charge in [-0.15, -0.1) is 0 Å². The molecule has 0 radical (unpaired) electrons. The topological polar surface area (TPSA) is 95.9 Å². The van der Waals surface area contributed by atoms with E-state index in [2.05, 4.69) is 30.6 Å². The van der Waals surface area contributed by atoms with Crippen molar-refractivity contribution in [1.82, 2.24) is 19.9 Å². The molecule has 3 N–H and O–H groups in total. The Hall–Kier alpha value is -2.56. The fraction of sp³-hybridized carbons (Fsp3) is 0.600. The third-order valence-corrected chi connectivity index (χ3v) is 5.82. The fourth-order valence-corrected chi connectivity index (χ4v) is 3.56. The molecule has 3 rings (SSSR count). The maximum Gasteiger partial charge on any atom is 0.421 e. The Morgan fingerprint density at radius 1 is 1.13 bits per heavy atom. The monoisotopic (exact) mass is 442 g/mol. The highest BCUT2D eigenvalue weighted by Gasteiger charge is 2.47. The number of hydrogen-bond donors (Lipinski definition) is 3. The van der Waals surface area contributed by atoms with E-state index in [-0.39, 0.29) is 41.9 Å². The van der Waals surface area contributed by atoms with E-state index in [1.165, 1.54) is 26.4 Å². The minimum absolute atomic E-state index is 0.00534. The first-order chi connectivity index (χ1) is 14.3. The molecule has 1 fully saturated rings. The van der Waals surface area contributed by atoms with Crippen LogP contribution in [0.25, 0.3) is 0 Å². The normalized spacial score (nSPS) is 20.8. The molecule has 1 aliphatic carbocycles. The van der Waals surface area contributed by atoms with Gasteiger partial charge >= 0.3 is 6.18 Å². The molecular formula is C20H26F4N6O. The Bertz CT molecular complexity index is 929. The molecule has 2 heterocycles. The van der Waals surface area contributed by atoms with Gasteiger partial charge in [0.1, 0.15) is 23.4 Å². The number of rotatable bonds is 7. The molecule has 1 saturated carbocycles. The van der Waals surface area contributed by atoms with Crippen LogP contribution in [0.3, 0.4) is 0 Å². The van der Waals surface area contributed by atoms with Crippen molar-refractivity contribution in [3.63, 3.8) is 0 Å². The maximum atomic E-state index is 14.4. The van der Waals surface area contributed by atoms with Gasteiger partial charge < -0.3 is 15.7 Å². The number of nitrogens with one attached hydrogen (secondary N) is 2. The summed E-state index contributed by atoms with van der Waals surface area (Å²) in [6, 6.07) is 0. The average molecular weight is 442 g/mol. The molecule has 0 amide bonds. The molecular weight excluding hydrogens is 416 g/mol. The lowest BCUT2D eigenvalue weighted by Crippen LogP contribution is -2.51. The van der Waals surface area contributed by atoms with E-state index in [1.54, 1.807) is 0 Å². The predicted octanol–water partition coefficient (Wildman–Crippen LogP) is 3.92. The number of hydrogen-bond acceptors (Lipinski definition) is 7. The largest absolute Gasteiger partial charge is 0.421 e. The van der Waals surface area contributed by atoms with Crippen molar-refractivity contribution >= 4 is 11.8 Å². The molecule has 0 spiro atoms. The van der Waals surface area contributed by atoms with E-state index >= 15 is 0 Å². The van der Waals surface area contributed by atoms with Crippen LogP contribution in [0, 0.1) is 11.3 Å². The lowest BCUT2D eigenvalue weighted by molar-refractivity contribution is -0.137. The molecule has 0 aromatic carbocycles. The third kappa shape index (κ3) is 5.03. The second-order valence-corrected chi connectivity index (χ2v) is 8.83. The van der Waals surface area contributed by atoms with Crippen LogP contribution >= 0.6 is 0 Å². The summed E-state index contributed by atoms with van der Waals surface area (Å²) in [5.74, 6) is -0.391. The zero-order valence-electron chi connectivity index (χ0n) is 17.8. The van der Waals surface area contributed by atoms with Crippen LogP contribution in [0.15, 0.2) is 18.7 Å². The minimum atomic E-state index is -4.63. The van der Waals surface area contributed by atoms with Gasteiger partial charge in [0.25, 0.3) is 0 Å². The Labute approximate surface area is 177 Å². The van der Waals surface area contributed by atoms with Crippen molar-refractivity contribution in [2.45, 2.75) is 58.6 Å². The first-order valence-electron chi connectivity index (χ1n) is 9.88. The summed E-state index contributed by atoms with van der Waals surface area (Å²) in [6.45, 7) is 6.73. The molecule has 0 aliphatic heterocycles. The molecule has 31 heavy (non-hydrogen) atoms. The van der Waals surface area contributed by atoms with E-state index in [4.69, 9.17) is 0 Å². The van der Waals surface area contributed by atoms with Crippen molar-refractivity contribution < 1.29 is 22.7 Å². The van der Waals surface area contributed by atoms with Crippen molar-refractivity contribution in [2.75, 3.05) is 17.2 Å². The number of aromatic nitrogens is 4. The molecule has 2 atom stereocenters. The quantitative estimate of drug-likeness (QED) is 0.560. The zero-order valence-corrected chi connectivity index (χ0v) is 17.8. The van der Waals surface area contributed by atoms with E-state index in [1.807, 2.05) is 13.8 Å². The Morgan fingerprint density at radius 2 is 1.84 bits per heavy atom. The van der Waals surface area contributed by atoms with E-state index in [9.17, 15) is 22.7 Å². The number of alkyl halides is 4. The summed E-state index contributed by atoms with van der Waals surface area (Å²) < 4.78 is 54.6. The van der Waals surface area contributed by atoms with Crippen LogP contribution < -0.4 is 10.6 Å². The van der Waals surface area contributed by atoms with Crippen LogP contribution in [0.4, 0.5) is 29.3 Å². The van der Waals surface area contributed by atoms with E-state index < -0.39 is 23.5 Å². The number of nitrogens with zero attached hydrogens (tertiary/aromatic N) is 4. The van der Waals surface area contributed by atoms with Crippen molar-refractivity contribution in [3.05, 3.63) is 35.5 Å². The Balaban J connectivity index is 1.78. The third-order valence-electron chi connectivity index (χ3n) is 5.82. The summed E-state index contributed by atoms with van der Waals surface area (Å²) in [7, 11) is 0. The van der Waals surface area contributed by atoms with E-state index in [0.717, 1.165) is 0 Å². The van der Waals surface area contributed by atoms with Gasteiger partial charge in [0.05, 0.1) is 11.8 Å². The Morgan fingerprint density at radius 3 is 2.42 bits per heavy atom. The summed E-state index contributed by atoms with van der Waals surface area (Å²) in [4.78, 5) is 15.6. The summed E-state index contributed by atoms with van der Waals surface area (Å²) in [5, 5.41) is 15.4. The van der Waals surface area contributed by atoms with Crippen molar-refractivity contribution in [1.29, 1.82) is 0 Å². The van der Waals surface area contributed by atoms with Gasteiger partial charge in [-0.3, -0.25) is 0 Å². The first-order valence-corrected chi connectivity index (χ1v) is 9.88. The zero-order chi connectivity index (χ0) is 23.0. The Kier molecular flexibility index (Phi) is 6.09. The second-order valence-electron chi connectivity index (χ2n) is 8.83. The lowest BCUT2D eigenvalue weighted by atomic mass is 9.60. The predicted molar refractivity (Wildman–Crippen MR) is 107 cm³/mol. The molecule has 1 aliphatic rings. The number of halogens is 4. The van der Waals surface area contributed by atoms with Crippen LogP contribution in [-0.2, 0) is 18.4 Å². The number of aliphatic hydroxyl groups excluding tert-OH is 1. The molecule has 170 valence electrons. The summed E-state index contributed by atoms with van der Waals surface area (Å²) in [5.41, 5.74) is -2.47. The van der Waals surface area contributed by atoms with Gasteiger partial charge in [0, 0.05) is 31.0 Å². The molecule has 7 nitrogen and oxygen atoms in total. The summed E-state index contributed by atoms with van der Waals surface area (Å²) in [6.07, 6.45) is -1.23. The van der Waals surface area contributed by atoms with Crippen molar-refractivity contribution in [2.24, 2.45) is 11.3 Å². The summed E-state index contributed by atoms with van der Waals surface area (Å²) >= 11 is 0. The molecule has 0 bridgehead atoms. The van der Waals surface area contributed by atoms with Gasteiger partial charge in [0.15, 0.2) is 0 Å². The maximum absolute atomic E-state index is 14.4. The number of aliphatic hydroxyl groups is 1. The van der Waals surface area contributed by atoms with Crippen LogP contribution in [0.1, 0.15) is 50.9 Å². The molecule has 1 unspecified atom stereocenters. The SMILES string of the molecule is CC(C)(F)c1ncncc1CNc1ncc(C(F)(F)F)c(NCC2C[C@H](O)C2(C)C)n1. The van der Waals surface area contributed by atoms with Crippen molar-refractivity contribution in [3.8, 4) is 0 Å². The molecule has 11 heteroatoms. The van der Waals surface area contributed by atoms with Crippen LogP contribution in [0.5, 0.6) is 0 Å². The van der Waals surface area contributed by atoms with Gasteiger partial charge in [0.2, 0.25) is 5.95 Å². The first kappa shape index (κ1) is 23.1. The van der Waals surface area contributed by atoms with Gasteiger partial charge in [-0.1, -0.05) is 13.8 Å². The van der Waals surface area contributed by atoms with Crippen LogP contribution in [0.2, 0.25) is 0 Å². The number of anilines is 2. The smallest absolute Gasteiger partial charge is 0.393 e. The highest BCUT2D eigenvalue weighted by atomic mass is 19.4. The van der Waals surface area contributed by atoms with Gasteiger partial charge in [-0.05, 0) is 31.6 Å². The molecule has 2 aromatic rings. The van der Waals surface area contributed by atoms with Gasteiger partial charge in [-0.2, -0.15) is 18.2 Å². The van der Waals surface area contributed by atoms with E-state index in [0.29, 0.717) is 18.2 Å².